The van der Waals surface area contributed by atoms with Crippen LogP contribution in [0.15, 0.2) is 30.6 Å². The minimum atomic E-state index is -0.222. The molecular weight excluding hydrogens is 270 g/mol. The largest absolute Gasteiger partial charge is 0.491 e. The third-order valence-corrected chi connectivity index (χ3v) is 2.59. The van der Waals surface area contributed by atoms with Gasteiger partial charge in [-0.25, -0.2) is 9.67 Å². The number of benzene rings is 1. The summed E-state index contributed by atoms with van der Waals surface area (Å²) in [5.41, 5.74) is 6.04. The summed E-state index contributed by atoms with van der Waals surface area (Å²) in [7, 11) is 0. The number of carbonyl (C=O) groups is 1. The fourth-order valence-electron chi connectivity index (χ4n) is 1.67. The normalized spacial score (nSPS) is 10.6. The lowest BCUT2D eigenvalue weighted by Gasteiger charge is -2.13. The van der Waals surface area contributed by atoms with Gasteiger partial charge in [-0.3, -0.25) is 4.79 Å². The van der Waals surface area contributed by atoms with Crippen LogP contribution in [-0.2, 0) is 11.3 Å². The quantitative estimate of drug-likeness (QED) is 0.841. The van der Waals surface area contributed by atoms with Crippen molar-refractivity contribution in [3.05, 3.63) is 30.6 Å². The average molecular weight is 289 g/mol. The fraction of sp³-hybridized carbons (Fsp3) is 0.357. The minimum absolute atomic E-state index is 0.0444. The van der Waals surface area contributed by atoms with E-state index in [1.807, 2.05) is 18.2 Å². The first kappa shape index (κ1) is 14.8. The van der Waals surface area contributed by atoms with E-state index in [1.54, 1.807) is 6.07 Å². The molecule has 1 aromatic heterocycles. The maximum Gasteiger partial charge on any atom is 0.246 e. The van der Waals surface area contributed by atoms with Gasteiger partial charge in [0.2, 0.25) is 11.9 Å². The summed E-state index contributed by atoms with van der Waals surface area (Å²) >= 11 is 0. The molecule has 7 nitrogen and oxygen atoms in total. The Kier molecular flexibility index (Phi) is 4.76. The van der Waals surface area contributed by atoms with Gasteiger partial charge in [0.1, 0.15) is 18.6 Å². The summed E-state index contributed by atoms with van der Waals surface area (Å²) in [6, 6.07) is 7.32. The highest BCUT2D eigenvalue weighted by molar-refractivity contribution is 5.92. The molecule has 0 saturated carbocycles. The summed E-state index contributed by atoms with van der Waals surface area (Å²) in [6.45, 7) is 4.77. The van der Waals surface area contributed by atoms with Crippen molar-refractivity contribution in [3.8, 4) is 5.75 Å². The maximum atomic E-state index is 12.0. The van der Waals surface area contributed by atoms with Crippen LogP contribution in [0.5, 0.6) is 5.75 Å². The molecular formula is C14H19N5O2. The SMILES string of the molecule is CC(C)COc1ccccc1NC(=O)Cn1cnc(N)n1. The van der Waals surface area contributed by atoms with Gasteiger partial charge in [-0.1, -0.05) is 26.0 Å². The van der Waals surface area contributed by atoms with Crippen LogP contribution in [0.1, 0.15) is 13.8 Å². The predicted molar refractivity (Wildman–Crippen MR) is 79.8 cm³/mol. The van der Waals surface area contributed by atoms with Crippen LogP contribution in [0.3, 0.4) is 0 Å². The Hall–Kier alpha value is -2.57. The molecule has 0 bridgehead atoms. The highest BCUT2D eigenvalue weighted by atomic mass is 16.5. The van der Waals surface area contributed by atoms with Crippen LogP contribution in [0, 0.1) is 5.92 Å². The van der Waals surface area contributed by atoms with Gasteiger partial charge in [0.05, 0.1) is 12.3 Å². The number of aromatic nitrogens is 3. The van der Waals surface area contributed by atoms with Crippen LogP contribution < -0.4 is 15.8 Å². The number of nitrogen functional groups attached to an aromatic ring is 1. The molecule has 2 aromatic rings. The molecule has 0 saturated heterocycles. The first-order chi connectivity index (χ1) is 10.0. The topological polar surface area (TPSA) is 95.1 Å². The lowest BCUT2D eigenvalue weighted by atomic mass is 10.2. The van der Waals surface area contributed by atoms with Crippen molar-refractivity contribution < 1.29 is 9.53 Å². The Labute approximate surface area is 123 Å². The summed E-state index contributed by atoms with van der Waals surface area (Å²) in [6.07, 6.45) is 1.41. The Balaban J connectivity index is 1.99. The zero-order valence-corrected chi connectivity index (χ0v) is 12.1. The Morgan fingerprint density at radius 2 is 2.19 bits per heavy atom. The van der Waals surface area contributed by atoms with Crippen LogP contribution in [0.4, 0.5) is 11.6 Å². The van der Waals surface area contributed by atoms with E-state index in [2.05, 4.69) is 29.2 Å². The van der Waals surface area contributed by atoms with Crippen molar-refractivity contribution in [1.82, 2.24) is 14.8 Å². The lowest BCUT2D eigenvalue weighted by molar-refractivity contribution is -0.116. The highest BCUT2D eigenvalue weighted by Gasteiger charge is 2.09. The molecule has 3 N–H and O–H groups in total. The van der Waals surface area contributed by atoms with Gasteiger partial charge in [-0.05, 0) is 18.1 Å². The monoisotopic (exact) mass is 289 g/mol. The zero-order chi connectivity index (χ0) is 15.2. The number of carbonyl (C=O) groups excluding carboxylic acids is 1. The molecule has 1 aromatic carbocycles. The summed E-state index contributed by atoms with van der Waals surface area (Å²) in [4.78, 5) is 15.8. The van der Waals surface area contributed by atoms with Crippen molar-refractivity contribution in [2.45, 2.75) is 20.4 Å². The molecule has 0 spiro atoms. The second kappa shape index (κ2) is 6.74. The smallest absolute Gasteiger partial charge is 0.246 e. The molecule has 21 heavy (non-hydrogen) atoms. The third kappa shape index (κ3) is 4.48. The molecule has 112 valence electrons. The standard InChI is InChI=1S/C14H19N5O2/c1-10(2)8-21-12-6-4-3-5-11(12)17-13(20)7-19-9-16-14(15)18-19/h3-6,9-10H,7-8H2,1-2H3,(H2,15,18)(H,17,20). The number of hydrogen-bond acceptors (Lipinski definition) is 5. The molecule has 0 unspecified atom stereocenters. The van der Waals surface area contributed by atoms with Crippen molar-refractivity contribution in [1.29, 1.82) is 0 Å². The molecule has 0 atom stereocenters. The predicted octanol–water partition coefficient (Wildman–Crippen LogP) is 1.53. The van der Waals surface area contributed by atoms with E-state index in [0.717, 1.165) is 0 Å². The van der Waals surface area contributed by atoms with E-state index < -0.39 is 0 Å². The number of hydrogen-bond donors (Lipinski definition) is 2. The molecule has 0 fully saturated rings. The molecule has 0 radical (unpaired) electrons. The molecule has 0 aliphatic heterocycles. The van der Waals surface area contributed by atoms with Crippen LogP contribution in [0.25, 0.3) is 0 Å². The summed E-state index contributed by atoms with van der Waals surface area (Å²) in [5, 5.41) is 6.66. The summed E-state index contributed by atoms with van der Waals surface area (Å²) < 4.78 is 7.06. The van der Waals surface area contributed by atoms with E-state index in [-0.39, 0.29) is 18.4 Å². The van der Waals surface area contributed by atoms with Crippen LogP contribution >= 0.6 is 0 Å². The van der Waals surface area contributed by atoms with Crippen molar-refractivity contribution in [2.75, 3.05) is 17.7 Å². The van der Waals surface area contributed by atoms with E-state index in [9.17, 15) is 4.79 Å². The fourth-order valence-corrected chi connectivity index (χ4v) is 1.67. The van der Waals surface area contributed by atoms with Gasteiger partial charge in [-0.15, -0.1) is 5.10 Å². The van der Waals surface area contributed by atoms with E-state index >= 15 is 0 Å². The number of anilines is 2. The first-order valence-corrected chi connectivity index (χ1v) is 6.71. The number of amides is 1. The molecule has 1 heterocycles. The van der Waals surface area contributed by atoms with E-state index in [0.29, 0.717) is 24.0 Å². The van der Waals surface area contributed by atoms with E-state index in [1.165, 1.54) is 11.0 Å². The lowest BCUT2D eigenvalue weighted by Crippen LogP contribution is -2.20. The van der Waals surface area contributed by atoms with Crippen molar-refractivity contribution in [3.63, 3.8) is 0 Å². The number of para-hydroxylation sites is 2. The van der Waals surface area contributed by atoms with Crippen LogP contribution in [-0.4, -0.2) is 27.3 Å². The van der Waals surface area contributed by atoms with Gasteiger partial charge in [0, 0.05) is 0 Å². The minimum Gasteiger partial charge on any atom is -0.491 e. The number of nitrogens with zero attached hydrogens (tertiary/aromatic N) is 3. The number of rotatable bonds is 6. The summed E-state index contributed by atoms with van der Waals surface area (Å²) in [5.74, 6) is 0.980. The molecule has 0 aliphatic carbocycles. The Bertz CT molecular complexity index is 609. The van der Waals surface area contributed by atoms with Crippen LogP contribution in [0.2, 0.25) is 0 Å². The van der Waals surface area contributed by atoms with Gasteiger partial charge in [0.15, 0.2) is 0 Å². The van der Waals surface area contributed by atoms with Gasteiger partial charge < -0.3 is 15.8 Å². The molecule has 2 rings (SSSR count). The average Bonchev–Trinajstić information content (AvgIpc) is 2.83. The molecule has 7 heteroatoms. The number of ether oxygens (including phenoxy) is 1. The number of nitrogens with one attached hydrogen (secondary N) is 1. The third-order valence-electron chi connectivity index (χ3n) is 2.59. The highest BCUT2D eigenvalue weighted by Crippen LogP contribution is 2.24. The molecule has 0 aliphatic rings. The van der Waals surface area contributed by atoms with Gasteiger partial charge >= 0.3 is 0 Å². The van der Waals surface area contributed by atoms with Crippen molar-refractivity contribution in [2.24, 2.45) is 5.92 Å². The second-order valence-corrected chi connectivity index (χ2v) is 5.05. The zero-order valence-electron chi connectivity index (χ0n) is 12.1. The number of nitrogens with two attached hydrogens (primary N) is 1. The first-order valence-electron chi connectivity index (χ1n) is 6.71. The molecule has 1 amide bonds. The van der Waals surface area contributed by atoms with Gasteiger partial charge in [-0.2, -0.15) is 0 Å². The van der Waals surface area contributed by atoms with Gasteiger partial charge in [0.25, 0.3) is 0 Å². The Morgan fingerprint density at radius 3 is 2.86 bits per heavy atom. The maximum absolute atomic E-state index is 12.0. The second-order valence-electron chi connectivity index (χ2n) is 5.05. The Morgan fingerprint density at radius 1 is 1.43 bits per heavy atom. The van der Waals surface area contributed by atoms with E-state index in [4.69, 9.17) is 10.5 Å². The van der Waals surface area contributed by atoms with Crippen molar-refractivity contribution >= 4 is 17.5 Å².